The van der Waals surface area contributed by atoms with Crippen molar-refractivity contribution < 1.29 is 15.0 Å². The third-order valence-corrected chi connectivity index (χ3v) is 7.14. The lowest BCUT2D eigenvalue weighted by Crippen LogP contribution is -2.27. The Morgan fingerprint density at radius 2 is 1.58 bits per heavy atom. The fraction of sp³-hybridized carbons (Fsp3) is 0.103. The van der Waals surface area contributed by atoms with Gasteiger partial charge in [-0.05, 0) is 57.0 Å². The minimum atomic E-state index is -0.696. The summed E-state index contributed by atoms with van der Waals surface area (Å²) in [6.07, 6.45) is -0.177. The Hall–Kier alpha value is -4.10. The minimum absolute atomic E-state index is 0.0293. The third kappa shape index (κ3) is 4.12. The van der Waals surface area contributed by atoms with E-state index in [1.165, 1.54) is 4.57 Å². The second-order valence-corrected chi connectivity index (χ2v) is 9.48. The van der Waals surface area contributed by atoms with E-state index in [0.29, 0.717) is 16.5 Å². The van der Waals surface area contributed by atoms with Crippen molar-refractivity contribution in [2.75, 3.05) is 5.32 Å². The molecule has 0 amide bonds. The molecule has 0 spiro atoms. The molecule has 36 heavy (non-hydrogen) atoms. The van der Waals surface area contributed by atoms with Gasteiger partial charge in [0.05, 0.1) is 11.6 Å². The number of rotatable bonds is 6. The number of nitrogens with one attached hydrogen (secondary N) is 1. The molecule has 180 valence electrons. The topological polar surface area (TPSA) is 91.6 Å². The second kappa shape index (κ2) is 9.51. The van der Waals surface area contributed by atoms with Crippen LogP contribution in [0.1, 0.15) is 28.4 Å². The molecule has 0 bridgehead atoms. The summed E-state index contributed by atoms with van der Waals surface area (Å²) in [5.74, 6) is -0.835. The molecular formula is C29H23BrN2O4. The zero-order chi connectivity index (χ0) is 25.4. The molecule has 4 aromatic carbocycles. The van der Waals surface area contributed by atoms with E-state index in [9.17, 15) is 19.8 Å². The average molecular weight is 543 g/mol. The molecule has 1 heterocycles. The molecule has 7 heteroatoms. The highest BCUT2D eigenvalue weighted by atomic mass is 79.9. The maximum Gasteiger partial charge on any atom is 0.265 e. The Morgan fingerprint density at radius 3 is 2.36 bits per heavy atom. The summed E-state index contributed by atoms with van der Waals surface area (Å²) in [6.45, 7) is 0. The van der Waals surface area contributed by atoms with Gasteiger partial charge in [0.25, 0.3) is 5.56 Å². The maximum atomic E-state index is 13.7. The molecule has 0 aliphatic heterocycles. The predicted octanol–water partition coefficient (Wildman–Crippen LogP) is 6.29. The molecule has 0 fully saturated rings. The van der Waals surface area contributed by atoms with Gasteiger partial charge >= 0.3 is 0 Å². The van der Waals surface area contributed by atoms with Gasteiger partial charge in [-0.15, -0.1) is 0 Å². The molecular weight excluding hydrogens is 520 g/mol. The number of anilines is 1. The SMILES string of the molecule is Cn1c(=O)c(C(=O)C[C@@H](Nc2ccccc2Br)c2c(O)ccc3ccccc23)c(O)c2ccccc21. The first-order valence-corrected chi connectivity index (χ1v) is 12.2. The fourth-order valence-electron chi connectivity index (χ4n) is 4.66. The Bertz CT molecular complexity index is 1690. The number of para-hydroxylation sites is 2. The maximum absolute atomic E-state index is 13.7. The van der Waals surface area contributed by atoms with Crippen molar-refractivity contribution in [2.45, 2.75) is 12.5 Å². The van der Waals surface area contributed by atoms with Crippen LogP contribution in [0.5, 0.6) is 11.5 Å². The first-order chi connectivity index (χ1) is 17.4. The second-order valence-electron chi connectivity index (χ2n) is 8.63. The number of nitrogens with zero attached hydrogens (tertiary/aromatic N) is 1. The summed E-state index contributed by atoms with van der Waals surface area (Å²) in [5.41, 5.74) is 0.951. The van der Waals surface area contributed by atoms with Gasteiger partial charge in [-0.3, -0.25) is 9.59 Å². The van der Waals surface area contributed by atoms with E-state index in [4.69, 9.17) is 0 Å². The molecule has 0 saturated heterocycles. The van der Waals surface area contributed by atoms with Crippen LogP contribution in [0.25, 0.3) is 21.7 Å². The molecule has 0 radical (unpaired) electrons. The number of ketones is 1. The van der Waals surface area contributed by atoms with Gasteiger partial charge in [0.2, 0.25) is 0 Å². The fourth-order valence-corrected chi connectivity index (χ4v) is 5.06. The number of aromatic hydroxyl groups is 2. The van der Waals surface area contributed by atoms with Crippen LogP contribution >= 0.6 is 15.9 Å². The number of phenols is 1. The highest BCUT2D eigenvalue weighted by Crippen LogP contribution is 2.38. The van der Waals surface area contributed by atoms with E-state index in [2.05, 4.69) is 21.2 Å². The number of hydrogen-bond donors (Lipinski definition) is 3. The van der Waals surface area contributed by atoms with Crippen LogP contribution < -0.4 is 10.9 Å². The predicted molar refractivity (Wildman–Crippen MR) is 146 cm³/mol. The van der Waals surface area contributed by atoms with Crippen molar-refractivity contribution in [3.05, 3.63) is 111 Å². The Labute approximate surface area is 215 Å². The number of carbonyl (C=O) groups is 1. The summed E-state index contributed by atoms with van der Waals surface area (Å²) in [4.78, 5) is 26.8. The molecule has 0 aliphatic rings. The van der Waals surface area contributed by atoms with Crippen molar-refractivity contribution in [3.63, 3.8) is 0 Å². The smallest absolute Gasteiger partial charge is 0.265 e. The van der Waals surface area contributed by atoms with Crippen LogP contribution in [0, 0.1) is 0 Å². The first-order valence-electron chi connectivity index (χ1n) is 11.4. The summed E-state index contributed by atoms with van der Waals surface area (Å²) < 4.78 is 2.15. The number of hydrogen-bond acceptors (Lipinski definition) is 5. The summed E-state index contributed by atoms with van der Waals surface area (Å²) in [5, 5.41) is 27.4. The van der Waals surface area contributed by atoms with Gasteiger partial charge in [-0.25, -0.2) is 0 Å². The van der Waals surface area contributed by atoms with E-state index < -0.39 is 17.4 Å². The Kier molecular flexibility index (Phi) is 6.24. The van der Waals surface area contributed by atoms with Gasteiger partial charge in [-0.2, -0.15) is 0 Å². The van der Waals surface area contributed by atoms with Crippen molar-refractivity contribution in [2.24, 2.45) is 7.05 Å². The molecule has 0 unspecified atom stereocenters. The van der Waals surface area contributed by atoms with Crippen LogP contribution in [0.2, 0.25) is 0 Å². The van der Waals surface area contributed by atoms with Crippen molar-refractivity contribution in [1.29, 1.82) is 0 Å². The Balaban J connectivity index is 1.66. The lowest BCUT2D eigenvalue weighted by atomic mass is 9.92. The molecule has 0 aliphatic carbocycles. The monoisotopic (exact) mass is 542 g/mol. The standard InChI is InChI=1S/C29H23BrN2O4/c1-32-23-13-7-4-10-19(23)28(35)27(29(32)36)25(34)16-22(31-21-12-6-5-11-20(21)30)26-18-9-3-2-8-17(18)14-15-24(26)33/h2-15,22,31,33,35H,16H2,1H3/t22-/m1/s1. The Morgan fingerprint density at radius 1 is 0.917 bits per heavy atom. The number of fused-ring (bicyclic) bond motifs is 2. The molecule has 6 nitrogen and oxygen atoms in total. The van der Waals surface area contributed by atoms with Crippen molar-refractivity contribution in [1.82, 2.24) is 4.57 Å². The number of phenolic OH excluding ortho intramolecular Hbond substituents is 1. The normalized spacial score (nSPS) is 12.1. The molecule has 5 rings (SSSR count). The number of benzene rings is 4. The minimum Gasteiger partial charge on any atom is -0.508 e. The van der Waals surface area contributed by atoms with Crippen LogP contribution in [0.3, 0.4) is 0 Å². The van der Waals surface area contributed by atoms with E-state index in [1.807, 2.05) is 54.6 Å². The number of aryl methyl sites for hydroxylation is 1. The van der Waals surface area contributed by atoms with E-state index >= 15 is 0 Å². The molecule has 5 aromatic rings. The van der Waals surface area contributed by atoms with Crippen molar-refractivity contribution >= 4 is 49.1 Å². The highest BCUT2D eigenvalue weighted by Gasteiger charge is 2.27. The zero-order valence-corrected chi connectivity index (χ0v) is 21.0. The van der Waals surface area contributed by atoms with E-state index in [0.717, 1.165) is 20.9 Å². The van der Waals surface area contributed by atoms with Gasteiger partial charge in [0.1, 0.15) is 17.1 Å². The molecule has 1 aromatic heterocycles. The number of halogens is 1. The van der Waals surface area contributed by atoms with Gasteiger partial charge in [0, 0.05) is 34.6 Å². The van der Waals surface area contributed by atoms with Gasteiger partial charge < -0.3 is 20.1 Å². The van der Waals surface area contributed by atoms with Crippen LogP contribution in [-0.4, -0.2) is 20.6 Å². The van der Waals surface area contributed by atoms with Crippen LogP contribution in [0.15, 0.2) is 94.2 Å². The third-order valence-electron chi connectivity index (χ3n) is 6.44. The highest BCUT2D eigenvalue weighted by molar-refractivity contribution is 9.10. The first kappa shape index (κ1) is 23.6. The van der Waals surface area contributed by atoms with E-state index in [1.54, 1.807) is 37.4 Å². The van der Waals surface area contributed by atoms with Crippen molar-refractivity contribution in [3.8, 4) is 11.5 Å². The number of Topliss-reactive ketones (excluding diaryl/α,β-unsaturated/α-hetero) is 1. The van der Waals surface area contributed by atoms with E-state index in [-0.39, 0.29) is 23.5 Å². The summed E-state index contributed by atoms with van der Waals surface area (Å²) >= 11 is 3.53. The molecule has 3 N–H and O–H groups in total. The number of pyridine rings is 1. The number of aromatic nitrogens is 1. The largest absolute Gasteiger partial charge is 0.508 e. The molecule has 0 saturated carbocycles. The lowest BCUT2D eigenvalue weighted by Gasteiger charge is -2.23. The zero-order valence-electron chi connectivity index (χ0n) is 19.4. The average Bonchev–Trinajstić information content (AvgIpc) is 2.88. The number of carbonyl (C=O) groups excluding carboxylic acids is 1. The lowest BCUT2D eigenvalue weighted by molar-refractivity contribution is 0.0972. The summed E-state index contributed by atoms with van der Waals surface area (Å²) in [7, 11) is 1.58. The summed E-state index contributed by atoms with van der Waals surface area (Å²) in [6, 6.07) is 24.7. The molecule has 1 atom stereocenters. The van der Waals surface area contributed by atoms with Gasteiger partial charge in [0.15, 0.2) is 5.78 Å². The quantitative estimate of drug-likeness (QED) is 0.219. The van der Waals surface area contributed by atoms with Crippen LogP contribution in [0.4, 0.5) is 5.69 Å². The van der Waals surface area contributed by atoms with Crippen LogP contribution in [-0.2, 0) is 7.05 Å². The van der Waals surface area contributed by atoms with Gasteiger partial charge in [-0.1, -0.05) is 54.6 Å².